The molecule has 0 aliphatic heterocycles. The highest BCUT2D eigenvalue weighted by molar-refractivity contribution is 8.01. The molecule has 1 saturated carbocycles. The summed E-state index contributed by atoms with van der Waals surface area (Å²) in [7, 11) is 0. The van der Waals surface area contributed by atoms with Crippen molar-refractivity contribution in [2.75, 3.05) is 11.1 Å². The van der Waals surface area contributed by atoms with Crippen LogP contribution in [0.5, 0.6) is 0 Å². The van der Waals surface area contributed by atoms with Gasteiger partial charge in [0.1, 0.15) is 0 Å². The third kappa shape index (κ3) is 5.54. The average Bonchev–Trinajstić information content (AvgIpc) is 3.12. The number of carbonyl (C=O) groups is 2. The summed E-state index contributed by atoms with van der Waals surface area (Å²) in [6.07, 6.45) is 5.78. The number of rotatable bonds is 6. The monoisotopic (exact) mass is 390 g/mol. The summed E-state index contributed by atoms with van der Waals surface area (Å²) in [5.74, 6) is 0.0256. The Morgan fingerprint density at radius 2 is 1.88 bits per heavy atom. The van der Waals surface area contributed by atoms with Gasteiger partial charge in [-0.25, -0.2) is 0 Å². The van der Waals surface area contributed by atoms with Gasteiger partial charge in [0.2, 0.25) is 10.9 Å². The molecule has 8 heteroatoms. The van der Waals surface area contributed by atoms with Gasteiger partial charge in [0.15, 0.2) is 4.34 Å². The second kappa shape index (κ2) is 9.14. The van der Waals surface area contributed by atoms with E-state index in [1.807, 2.05) is 31.2 Å². The van der Waals surface area contributed by atoms with Gasteiger partial charge in [-0.15, -0.1) is 10.2 Å². The largest absolute Gasteiger partial charge is 0.353 e. The number of hydrogen-bond donors (Lipinski definition) is 2. The number of thioether (sulfide) groups is 1. The Labute approximate surface area is 161 Å². The number of aryl methyl sites for hydroxylation is 1. The first-order chi connectivity index (χ1) is 12.6. The molecule has 1 aliphatic carbocycles. The zero-order chi connectivity index (χ0) is 18.4. The number of benzene rings is 1. The van der Waals surface area contributed by atoms with E-state index < -0.39 is 0 Å². The highest BCUT2D eigenvalue weighted by Gasteiger charge is 2.17. The normalized spacial score (nSPS) is 14.8. The van der Waals surface area contributed by atoms with Gasteiger partial charge in [-0.05, 0) is 31.9 Å². The molecule has 1 heterocycles. The maximum Gasteiger partial charge on any atom is 0.286 e. The van der Waals surface area contributed by atoms with Gasteiger partial charge in [-0.1, -0.05) is 60.1 Å². The molecule has 1 aromatic carbocycles. The molecular weight excluding hydrogens is 368 g/mol. The van der Waals surface area contributed by atoms with Crippen molar-refractivity contribution in [2.24, 2.45) is 0 Å². The molecule has 138 valence electrons. The smallest absolute Gasteiger partial charge is 0.286 e. The minimum atomic E-state index is -0.287. The van der Waals surface area contributed by atoms with Crippen LogP contribution in [0, 0.1) is 6.92 Å². The molecule has 0 unspecified atom stereocenters. The standard InChI is InChI=1S/C18H22N4O2S2/c1-12-7-9-14(10-8-12)20-16(24)17-21-22-18(26-17)25-11-15(23)19-13-5-3-2-4-6-13/h7-10,13H,2-6,11H2,1H3,(H,19,23)(H,20,24). The summed E-state index contributed by atoms with van der Waals surface area (Å²) in [6.45, 7) is 1.99. The molecule has 0 radical (unpaired) electrons. The fourth-order valence-electron chi connectivity index (χ4n) is 2.82. The lowest BCUT2D eigenvalue weighted by molar-refractivity contribution is -0.119. The summed E-state index contributed by atoms with van der Waals surface area (Å²) in [6, 6.07) is 7.87. The van der Waals surface area contributed by atoms with Gasteiger partial charge in [0.05, 0.1) is 5.75 Å². The van der Waals surface area contributed by atoms with Crippen LogP contribution in [0.15, 0.2) is 28.6 Å². The van der Waals surface area contributed by atoms with E-state index in [9.17, 15) is 9.59 Å². The van der Waals surface area contributed by atoms with E-state index in [4.69, 9.17) is 0 Å². The predicted octanol–water partition coefficient (Wildman–Crippen LogP) is 3.64. The minimum Gasteiger partial charge on any atom is -0.353 e. The summed E-state index contributed by atoms with van der Waals surface area (Å²) in [4.78, 5) is 24.3. The number of anilines is 1. The summed E-state index contributed by atoms with van der Waals surface area (Å²) in [5, 5.41) is 14.1. The minimum absolute atomic E-state index is 0.0164. The third-order valence-corrected chi connectivity index (χ3v) is 6.26. The van der Waals surface area contributed by atoms with Gasteiger partial charge >= 0.3 is 0 Å². The van der Waals surface area contributed by atoms with Gasteiger partial charge in [-0.2, -0.15) is 0 Å². The highest BCUT2D eigenvalue weighted by atomic mass is 32.2. The second-order valence-corrected chi connectivity index (χ2v) is 8.58. The Morgan fingerprint density at radius 3 is 2.62 bits per heavy atom. The van der Waals surface area contributed by atoms with Crippen LogP contribution in [0.3, 0.4) is 0 Å². The first kappa shape index (κ1) is 18.8. The van der Waals surface area contributed by atoms with Crippen LogP contribution in [-0.4, -0.2) is 33.8 Å². The van der Waals surface area contributed by atoms with E-state index >= 15 is 0 Å². The molecule has 1 fully saturated rings. The van der Waals surface area contributed by atoms with E-state index in [0.717, 1.165) is 24.1 Å². The summed E-state index contributed by atoms with van der Waals surface area (Å²) < 4.78 is 0.623. The van der Waals surface area contributed by atoms with Crippen molar-refractivity contribution in [3.05, 3.63) is 34.8 Å². The molecule has 0 saturated heterocycles. The van der Waals surface area contributed by atoms with E-state index in [2.05, 4.69) is 20.8 Å². The third-order valence-electron chi connectivity index (χ3n) is 4.21. The molecule has 2 N–H and O–H groups in total. The Balaban J connectivity index is 1.47. The van der Waals surface area contributed by atoms with E-state index in [0.29, 0.717) is 21.1 Å². The maximum atomic E-state index is 12.2. The van der Waals surface area contributed by atoms with Crippen molar-refractivity contribution in [3.8, 4) is 0 Å². The average molecular weight is 391 g/mol. The van der Waals surface area contributed by atoms with Crippen LogP contribution in [-0.2, 0) is 4.79 Å². The van der Waals surface area contributed by atoms with Crippen molar-refractivity contribution >= 4 is 40.6 Å². The Morgan fingerprint density at radius 1 is 1.15 bits per heavy atom. The molecule has 2 aromatic rings. The maximum absolute atomic E-state index is 12.2. The summed E-state index contributed by atoms with van der Waals surface area (Å²) >= 11 is 2.52. The molecule has 2 amide bonds. The van der Waals surface area contributed by atoms with Crippen LogP contribution < -0.4 is 10.6 Å². The lowest BCUT2D eigenvalue weighted by Crippen LogP contribution is -2.37. The van der Waals surface area contributed by atoms with Crippen molar-refractivity contribution < 1.29 is 9.59 Å². The number of nitrogens with one attached hydrogen (secondary N) is 2. The van der Waals surface area contributed by atoms with Crippen LogP contribution >= 0.6 is 23.1 Å². The fraction of sp³-hybridized carbons (Fsp3) is 0.444. The van der Waals surface area contributed by atoms with Crippen molar-refractivity contribution in [1.29, 1.82) is 0 Å². The Bertz CT molecular complexity index is 755. The molecule has 1 aromatic heterocycles. The van der Waals surface area contributed by atoms with Crippen molar-refractivity contribution in [1.82, 2.24) is 15.5 Å². The molecule has 0 atom stereocenters. The number of carbonyl (C=O) groups excluding carboxylic acids is 2. The fourth-order valence-corrected chi connectivity index (χ4v) is 4.38. The SMILES string of the molecule is Cc1ccc(NC(=O)c2nnc(SCC(=O)NC3CCCCC3)s2)cc1. The zero-order valence-electron chi connectivity index (χ0n) is 14.7. The van der Waals surface area contributed by atoms with Crippen LogP contribution in [0.1, 0.15) is 47.5 Å². The van der Waals surface area contributed by atoms with Crippen molar-refractivity contribution in [2.45, 2.75) is 49.4 Å². The van der Waals surface area contributed by atoms with Gasteiger partial charge < -0.3 is 10.6 Å². The highest BCUT2D eigenvalue weighted by Crippen LogP contribution is 2.23. The predicted molar refractivity (Wildman–Crippen MR) is 105 cm³/mol. The number of hydrogen-bond acceptors (Lipinski definition) is 6. The first-order valence-electron chi connectivity index (χ1n) is 8.74. The van der Waals surface area contributed by atoms with Crippen LogP contribution in [0.25, 0.3) is 0 Å². The molecule has 1 aliphatic rings. The van der Waals surface area contributed by atoms with Gasteiger partial charge in [-0.3, -0.25) is 9.59 Å². The number of aromatic nitrogens is 2. The zero-order valence-corrected chi connectivity index (χ0v) is 16.3. The lowest BCUT2D eigenvalue weighted by atomic mass is 9.95. The van der Waals surface area contributed by atoms with E-state index in [-0.39, 0.29) is 11.8 Å². The molecule has 26 heavy (non-hydrogen) atoms. The lowest BCUT2D eigenvalue weighted by Gasteiger charge is -2.22. The van der Waals surface area contributed by atoms with Crippen LogP contribution in [0.4, 0.5) is 5.69 Å². The van der Waals surface area contributed by atoms with Crippen molar-refractivity contribution in [3.63, 3.8) is 0 Å². The number of nitrogens with zero attached hydrogens (tertiary/aromatic N) is 2. The molecule has 0 bridgehead atoms. The first-order valence-corrected chi connectivity index (χ1v) is 10.5. The van der Waals surface area contributed by atoms with Gasteiger partial charge in [0.25, 0.3) is 5.91 Å². The topological polar surface area (TPSA) is 84.0 Å². The van der Waals surface area contributed by atoms with E-state index in [1.165, 1.54) is 42.4 Å². The van der Waals surface area contributed by atoms with E-state index in [1.54, 1.807) is 0 Å². The number of amides is 2. The summed E-state index contributed by atoms with van der Waals surface area (Å²) in [5.41, 5.74) is 1.85. The molecular formula is C18H22N4O2S2. The Kier molecular flexibility index (Phi) is 6.62. The van der Waals surface area contributed by atoms with Gasteiger partial charge in [0, 0.05) is 11.7 Å². The van der Waals surface area contributed by atoms with Crippen LogP contribution in [0.2, 0.25) is 0 Å². The second-order valence-electron chi connectivity index (χ2n) is 6.38. The molecule has 3 rings (SSSR count). The molecule has 6 nitrogen and oxygen atoms in total. The Hall–Kier alpha value is -1.93. The quantitative estimate of drug-likeness (QED) is 0.736. The molecule has 0 spiro atoms.